The first-order valence-electron chi connectivity index (χ1n) is 8.92. The number of benzene rings is 1. The van der Waals surface area contributed by atoms with Crippen LogP contribution in [0.1, 0.15) is 31.9 Å². The summed E-state index contributed by atoms with van der Waals surface area (Å²) >= 11 is 0. The molecule has 8 heteroatoms. The van der Waals surface area contributed by atoms with Crippen LogP contribution in [0, 0.1) is 18.3 Å². The van der Waals surface area contributed by atoms with E-state index in [1.165, 1.54) is 18.3 Å². The third-order valence-electron chi connectivity index (χ3n) is 4.46. The van der Waals surface area contributed by atoms with Crippen molar-refractivity contribution in [2.45, 2.75) is 44.9 Å². The number of alkyl halides is 3. The molecule has 0 saturated heterocycles. The lowest BCUT2D eigenvalue weighted by Crippen LogP contribution is -2.49. The average Bonchev–Trinajstić information content (AvgIpc) is 2.62. The molecule has 0 bridgehead atoms. The molecule has 1 aliphatic heterocycles. The van der Waals surface area contributed by atoms with Crippen molar-refractivity contribution in [1.29, 1.82) is 0 Å². The third-order valence-corrected chi connectivity index (χ3v) is 4.46. The molecule has 0 radical (unpaired) electrons. The summed E-state index contributed by atoms with van der Waals surface area (Å²) in [6.07, 6.45) is 3.88. The van der Waals surface area contributed by atoms with E-state index in [0.29, 0.717) is 11.3 Å². The maximum atomic E-state index is 12.6. The number of terminal acetylenes is 1. The van der Waals surface area contributed by atoms with Gasteiger partial charge in [-0.25, -0.2) is 0 Å². The molecule has 1 heterocycles. The maximum absolute atomic E-state index is 12.6. The molecular weight excluding hydrogens is 383 g/mol. The maximum Gasteiger partial charge on any atom is 0.416 e. The molecule has 2 unspecified atom stereocenters. The van der Waals surface area contributed by atoms with Crippen LogP contribution in [0.2, 0.25) is 0 Å². The topological polar surface area (TPSA) is 70.6 Å². The third kappa shape index (κ3) is 5.95. The summed E-state index contributed by atoms with van der Waals surface area (Å²) in [6.45, 7) is 5.11. The van der Waals surface area contributed by atoms with Gasteiger partial charge in [-0.1, -0.05) is 25.0 Å². The van der Waals surface area contributed by atoms with Gasteiger partial charge in [-0.15, -0.1) is 6.42 Å². The Labute approximate surface area is 167 Å². The van der Waals surface area contributed by atoms with Gasteiger partial charge >= 0.3 is 6.18 Å². The molecule has 0 aliphatic carbocycles. The minimum Gasteiger partial charge on any atom is -0.338 e. The Morgan fingerprint density at radius 3 is 2.38 bits per heavy atom. The number of aliphatic imine (C=N–C) groups is 1. The Hall–Kier alpha value is -3.08. The Morgan fingerprint density at radius 1 is 1.21 bits per heavy atom. The molecule has 2 atom stereocenters. The number of carbonyl (C=O) groups excluding carboxylic acids is 2. The molecule has 154 valence electrons. The summed E-state index contributed by atoms with van der Waals surface area (Å²) in [4.78, 5) is 28.9. The summed E-state index contributed by atoms with van der Waals surface area (Å²) in [5.74, 6) is 1.30. The van der Waals surface area contributed by atoms with Gasteiger partial charge in [-0.05, 0) is 37.6 Å². The Morgan fingerprint density at radius 2 is 1.83 bits per heavy atom. The molecule has 2 amide bonds. The van der Waals surface area contributed by atoms with E-state index in [4.69, 9.17) is 6.42 Å². The summed E-state index contributed by atoms with van der Waals surface area (Å²) in [5, 5.41) is 5.43. The van der Waals surface area contributed by atoms with Crippen LogP contribution in [0.25, 0.3) is 0 Å². The van der Waals surface area contributed by atoms with Gasteiger partial charge in [-0.3, -0.25) is 14.6 Å². The minimum absolute atomic E-state index is 0.0969. The largest absolute Gasteiger partial charge is 0.416 e. The first-order chi connectivity index (χ1) is 13.4. The van der Waals surface area contributed by atoms with Crippen LogP contribution in [0.15, 0.2) is 41.0 Å². The van der Waals surface area contributed by atoms with Crippen molar-refractivity contribution in [3.8, 4) is 12.3 Å². The fourth-order valence-corrected chi connectivity index (χ4v) is 2.74. The number of rotatable bonds is 5. The zero-order chi connectivity index (χ0) is 21.8. The highest BCUT2D eigenvalue weighted by Gasteiger charge is 2.32. The lowest BCUT2D eigenvalue weighted by atomic mass is 9.94. The van der Waals surface area contributed by atoms with E-state index in [9.17, 15) is 22.8 Å². The van der Waals surface area contributed by atoms with Crippen LogP contribution in [-0.2, 0) is 22.2 Å². The van der Waals surface area contributed by atoms with Crippen LogP contribution in [0.3, 0.4) is 0 Å². The summed E-state index contributed by atoms with van der Waals surface area (Å²) in [6, 6.07) is 3.65. The van der Waals surface area contributed by atoms with Crippen molar-refractivity contribution < 1.29 is 22.8 Å². The normalized spacial score (nSPS) is 19.1. The highest BCUT2D eigenvalue weighted by atomic mass is 19.4. The van der Waals surface area contributed by atoms with E-state index >= 15 is 0 Å². The van der Waals surface area contributed by atoms with Crippen molar-refractivity contribution in [2.24, 2.45) is 10.9 Å². The summed E-state index contributed by atoms with van der Waals surface area (Å²) in [7, 11) is 0. The van der Waals surface area contributed by atoms with Crippen LogP contribution in [0.4, 0.5) is 13.2 Å². The van der Waals surface area contributed by atoms with E-state index in [2.05, 4.69) is 21.5 Å². The zero-order valence-corrected chi connectivity index (χ0v) is 16.3. The number of carbonyl (C=O) groups is 2. The molecule has 1 aromatic rings. The van der Waals surface area contributed by atoms with Crippen LogP contribution >= 0.6 is 0 Å². The standard InChI is InChI=1S/C21H22F3N3O2/c1-5-20(3,4)27-19(29)18-13(2)16(10-11-25-18)26-17(28)12-14-6-8-15(9-7-14)21(22,23)24/h1,6-11,13,18H,12H2,2-4H3,(H,26,28)(H,27,29). The first kappa shape index (κ1) is 22.2. The SMILES string of the molecule is C#CC(C)(C)NC(=O)C1N=CC=C(NC(=O)Cc2ccc(C(F)(F)F)cc2)C1C. The van der Waals surface area contributed by atoms with Gasteiger partial charge in [0, 0.05) is 17.8 Å². The monoisotopic (exact) mass is 405 g/mol. The van der Waals surface area contributed by atoms with Crippen molar-refractivity contribution in [2.75, 3.05) is 0 Å². The van der Waals surface area contributed by atoms with E-state index in [-0.39, 0.29) is 12.3 Å². The second-order valence-electron chi connectivity index (χ2n) is 7.33. The number of halogens is 3. The molecule has 1 aromatic carbocycles. The van der Waals surface area contributed by atoms with Gasteiger partial charge in [0.25, 0.3) is 0 Å². The number of hydrogen-bond acceptors (Lipinski definition) is 3. The van der Waals surface area contributed by atoms with Gasteiger partial charge in [0.15, 0.2) is 0 Å². The highest BCUT2D eigenvalue weighted by molar-refractivity contribution is 5.89. The molecule has 0 spiro atoms. The van der Waals surface area contributed by atoms with Gasteiger partial charge in [0.2, 0.25) is 11.8 Å². The van der Waals surface area contributed by atoms with Gasteiger partial charge in [-0.2, -0.15) is 13.2 Å². The molecule has 29 heavy (non-hydrogen) atoms. The second-order valence-corrected chi connectivity index (χ2v) is 7.33. The summed E-state index contributed by atoms with van der Waals surface area (Å²) in [5.41, 5.74) is -0.668. The Balaban J connectivity index is 2.00. The Bertz CT molecular complexity index is 878. The number of dihydropyridines is 1. The molecule has 0 saturated carbocycles. The highest BCUT2D eigenvalue weighted by Crippen LogP contribution is 2.29. The number of nitrogens with one attached hydrogen (secondary N) is 2. The van der Waals surface area contributed by atoms with Crippen LogP contribution < -0.4 is 10.6 Å². The quantitative estimate of drug-likeness (QED) is 0.740. The number of allylic oxidation sites excluding steroid dienone is 1. The van der Waals surface area contributed by atoms with Crippen molar-refractivity contribution in [3.05, 3.63) is 47.2 Å². The minimum atomic E-state index is -4.42. The molecular formula is C21H22F3N3O2. The second kappa shape index (κ2) is 8.52. The van der Waals surface area contributed by atoms with Gasteiger partial charge < -0.3 is 10.6 Å². The zero-order valence-electron chi connectivity index (χ0n) is 16.3. The molecule has 2 rings (SSSR count). The fraction of sp³-hybridized carbons (Fsp3) is 0.381. The number of hydrogen-bond donors (Lipinski definition) is 2. The molecule has 2 N–H and O–H groups in total. The molecule has 0 fully saturated rings. The lowest BCUT2D eigenvalue weighted by Gasteiger charge is -2.28. The Kier molecular flexibility index (Phi) is 6.52. The molecule has 0 aromatic heterocycles. The van der Waals surface area contributed by atoms with E-state index < -0.39 is 35.1 Å². The van der Waals surface area contributed by atoms with E-state index in [0.717, 1.165) is 12.1 Å². The summed E-state index contributed by atoms with van der Waals surface area (Å²) < 4.78 is 37.9. The van der Waals surface area contributed by atoms with Crippen LogP contribution in [0.5, 0.6) is 0 Å². The fourth-order valence-electron chi connectivity index (χ4n) is 2.74. The predicted octanol–water partition coefficient (Wildman–Crippen LogP) is 2.87. The van der Waals surface area contributed by atoms with Gasteiger partial charge in [0.05, 0.1) is 17.5 Å². The van der Waals surface area contributed by atoms with Crippen molar-refractivity contribution >= 4 is 18.0 Å². The van der Waals surface area contributed by atoms with Crippen molar-refractivity contribution in [3.63, 3.8) is 0 Å². The van der Waals surface area contributed by atoms with E-state index in [1.807, 2.05) is 0 Å². The van der Waals surface area contributed by atoms with E-state index in [1.54, 1.807) is 26.8 Å². The number of nitrogens with zero attached hydrogens (tertiary/aromatic N) is 1. The van der Waals surface area contributed by atoms with Crippen molar-refractivity contribution in [1.82, 2.24) is 10.6 Å². The molecule has 5 nitrogen and oxygen atoms in total. The number of amides is 2. The molecule has 1 aliphatic rings. The first-order valence-corrected chi connectivity index (χ1v) is 8.92. The van der Waals surface area contributed by atoms with Crippen LogP contribution in [-0.4, -0.2) is 29.6 Å². The average molecular weight is 405 g/mol. The lowest BCUT2D eigenvalue weighted by molar-refractivity contribution is -0.137. The predicted molar refractivity (Wildman–Crippen MR) is 104 cm³/mol. The van der Waals surface area contributed by atoms with Gasteiger partial charge in [0.1, 0.15) is 6.04 Å². The smallest absolute Gasteiger partial charge is 0.338 e.